The summed E-state index contributed by atoms with van der Waals surface area (Å²) >= 11 is 0. The maximum Gasteiger partial charge on any atom is 0.416 e. The first-order valence-electron chi connectivity index (χ1n) is 6.28. The smallest absolute Gasteiger partial charge is 0.416 e. The fourth-order valence-electron chi connectivity index (χ4n) is 2.09. The molecule has 0 amide bonds. The third-order valence-electron chi connectivity index (χ3n) is 3.12. The van der Waals surface area contributed by atoms with E-state index in [1.165, 1.54) is 37.4 Å². The van der Waals surface area contributed by atoms with Gasteiger partial charge in [-0.2, -0.15) is 13.2 Å². The van der Waals surface area contributed by atoms with E-state index in [0.29, 0.717) is 16.9 Å². The standard InChI is InChI=1S/C15H12F3NO3/c1-22-14-6-5-13(19(20)21)9-11(14)7-10-3-2-4-12(8-10)15(16,17)18/h2-6,8-9H,7H2,1H3. The molecule has 0 spiro atoms. The number of ether oxygens (including phenoxy) is 1. The third-order valence-corrected chi connectivity index (χ3v) is 3.12. The van der Waals surface area contributed by atoms with Gasteiger partial charge < -0.3 is 4.74 Å². The molecule has 2 rings (SSSR count). The van der Waals surface area contributed by atoms with Gasteiger partial charge in [-0.25, -0.2) is 0 Å². The normalized spacial score (nSPS) is 11.3. The molecule has 0 fully saturated rings. The van der Waals surface area contributed by atoms with Crippen LogP contribution in [0.3, 0.4) is 0 Å². The number of nitro benzene ring substituents is 1. The fourth-order valence-corrected chi connectivity index (χ4v) is 2.09. The number of methoxy groups -OCH3 is 1. The van der Waals surface area contributed by atoms with Crippen LogP contribution >= 0.6 is 0 Å². The first kappa shape index (κ1) is 15.8. The van der Waals surface area contributed by atoms with Gasteiger partial charge in [0.1, 0.15) is 5.75 Å². The van der Waals surface area contributed by atoms with E-state index in [0.717, 1.165) is 12.1 Å². The number of benzene rings is 2. The van der Waals surface area contributed by atoms with Crippen LogP contribution in [0.2, 0.25) is 0 Å². The van der Waals surface area contributed by atoms with E-state index >= 15 is 0 Å². The van der Waals surface area contributed by atoms with Gasteiger partial charge in [0.25, 0.3) is 5.69 Å². The lowest BCUT2D eigenvalue weighted by atomic mass is 10.0. The van der Waals surface area contributed by atoms with E-state index < -0.39 is 16.7 Å². The van der Waals surface area contributed by atoms with Crippen molar-refractivity contribution in [3.8, 4) is 5.75 Å². The summed E-state index contributed by atoms with van der Waals surface area (Å²) in [7, 11) is 1.40. The molecule has 2 aromatic rings. The summed E-state index contributed by atoms with van der Waals surface area (Å²) in [5.41, 5.74) is -0.0400. The van der Waals surface area contributed by atoms with Gasteiger partial charge in [0, 0.05) is 24.1 Å². The highest BCUT2D eigenvalue weighted by atomic mass is 19.4. The molecule has 116 valence electrons. The van der Waals surface area contributed by atoms with Crippen LogP contribution in [0.1, 0.15) is 16.7 Å². The van der Waals surface area contributed by atoms with Crippen molar-refractivity contribution in [3.05, 3.63) is 69.3 Å². The van der Waals surface area contributed by atoms with Gasteiger partial charge in [0.2, 0.25) is 0 Å². The van der Waals surface area contributed by atoms with E-state index in [1.807, 2.05) is 0 Å². The number of hydrogen-bond donors (Lipinski definition) is 0. The summed E-state index contributed by atoms with van der Waals surface area (Å²) < 4.78 is 43.2. The van der Waals surface area contributed by atoms with Crippen molar-refractivity contribution in [3.63, 3.8) is 0 Å². The average Bonchev–Trinajstić information content (AvgIpc) is 2.46. The summed E-state index contributed by atoms with van der Waals surface area (Å²) in [6.45, 7) is 0. The Morgan fingerprint density at radius 2 is 1.91 bits per heavy atom. The van der Waals surface area contributed by atoms with Crippen LogP contribution in [-0.4, -0.2) is 12.0 Å². The summed E-state index contributed by atoms with van der Waals surface area (Å²) in [6.07, 6.45) is -4.32. The molecule has 0 saturated heterocycles. The molecule has 0 unspecified atom stereocenters. The maximum absolute atomic E-state index is 12.7. The molecule has 0 N–H and O–H groups in total. The quantitative estimate of drug-likeness (QED) is 0.627. The number of hydrogen-bond acceptors (Lipinski definition) is 3. The van der Waals surface area contributed by atoms with Gasteiger partial charge in [-0.05, 0) is 17.7 Å². The number of alkyl halides is 3. The van der Waals surface area contributed by atoms with Crippen LogP contribution in [-0.2, 0) is 12.6 Å². The molecule has 0 aromatic heterocycles. The Morgan fingerprint density at radius 1 is 1.18 bits per heavy atom. The van der Waals surface area contributed by atoms with Gasteiger partial charge in [0.05, 0.1) is 17.6 Å². The number of halogens is 3. The highest BCUT2D eigenvalue weighted by Crippen LogP contribution is 2.31. The highest BCUT2D eigenvalue weighted by Gasteiger charge is 2.30. The Hall–Kier alpha value is -2.57. The molecule has 0 aliphatic rings. The van der Waals surface area contributed by atoms with Crippen LogP contribution in [0.15, 0.2) is 42.5 Å². The molecule has 0 atom stereocenters. The molecule has 0 radical (unpaired) electrons. The van der Waals surface area contributed by atoms with Crippen molar-refractivity contribution in [1.82, 2.24) is 0 Å². The molecule has 22 heavy (non-hydrogen) atoms. The zero-order valence-electron chi connectivity index (χ0n) is 11.6. The summed E-state index contributed by atoms with van der Waals surface area (Å²) in [4.78, 5) is 10.2. The predicted molar refractivity (Wildman–Crippen MR) is 73.9 cm³/mol. The lowest BCUT2D eigenvalue weighted by Crippen LogP contribution is -2.05. The Kier molecular flexibility index (Phi) is 4.35. The molecule has 0 saturated carbocycles. The van der Waals surface area contributed by atoms with Gasteiger partial charge in [-0.3, -0.25) is 10.1 Å². The molecular weight excluding hydrogens is 299 g/mol. The summed E-state index contributed by atoms with van der Waals surface area (Å²) in [5.74, 6) is 0.392. The van der Waals surface area contributed by atoms with Crippen molar-refractivity contribution in [1.29, 1.82) is 0 Å². The molecule has 0 bridgehead atoms. The van der Waals surface area contributed by atoms with E-state index in [4.69, 9.17) is 4.74 Å². The molecule has 2 aromatic carbocycles. The minimum Gasteiger partial charge on any atom is -0.496 e. The lowest BCUT2D eigenvalue weighted by Gasteiger charge is -2.11. The van der Waals surface area contributed by atoms with Crippen LogP contribution in [0.5, 0.6) is 5.75 Å². The first-order valence-corrected chi connectivity index (χ1v) is 6.28. The van der Waals surface area contributed by atoms with Crippen molar-refractivity contribution in [2.24, 2.45) is 0 Å². The minimum absolute atomic E-state index is 0.106. The number of rotatable bonds is 4. The second-order valence-corrected chi connectivity index (χ2v) is 4.63. The Labute approximate surface area is 124 Å². The van der Waals surface area contributed by atoms with E-state index in [9.17, 15) is 23.3 Å². The number of nitro groups is 1. The Balaban J connectivity index is 2.38. The SMILES string of the molecule is COc1ccc([N+](=O)[O-])cc1Cc1cccc(C(F)(F)F)c1. The first-order chi connectivity index (χ1) is 10.3. The third kappa shape index (κ3) is 3.55. The Morgan fingerprint density at radius 3 is 2.50 bits per heavy atom. The molecule has 4 nitrogen and oxygen atoms in total. The summed E-state index contributed by atoms with van der Waals surface area (Å²) in [5, 5.41) is 10.8. The molecular formula is C15H12F3NO3. The van der Waals surface area contributed by atoms with Crippen molar-refractivity contribution in [2.75, 3.05) is 7.11 Å². The minimum atomic E-state index is -4.43. The zero-order chi connectivity index (χ0) is 16.3. The largest absolute Gasteiger partial charge is 0.496 e. The molecule has 7 heteroatoms. The second-order valence-electron chi connectivity index (χ2n) is 4.63. The lowest BCUT2D eigenvalue weighted by molar-refractivity contribution is -0.384. The average molecular weight is 311 g/mol. The predicted octanol–water partition coefficient (Wildman–Crippen LogP) is 4.21. The van der Waals surface area contributed by atoms with Crippen LogP contribution in [0.25, 0.3) is 0 Å². The number of nitrogens with zero attached hydrogens (tertiary/aromatic N) is 1. The second kappa shape index (κ2) is 6.05. The van der Waals surface area contributed by atoms with Gasteiger partial charge >= 0.3 is 6.18 Å². The van der Waals surface area contributed by atoms with Crippen molar-refractivity contribution >= 4 is 5.69 Å². The highest BCUT2D eigenvalue weighted by molar-refractivity contribution is 5.46. The van der Waals surface area contributed by atoms with Crippen molar-refractivity contribution in [2.45, 2.75) is 12.6 Å². The van der Waals surface area contributed by atoms with E-state index in [-0.39, 0.29) is 12.1 Å². The Bertz CT molecular complexity index is 699. The number of non-ortho nitro benzene ring substituents is 1. The monoisotopic (exact) mass is 311 g/mol. The van der Waals surface area contributed by atoms with Crippen LogP contribution in [0, 0.1) is 10.1 Å². The zero-order valence-corrected chi connectivity index (χ0v) is 11.6. The van der Waals surface area contributed by atoms with Gasteiger partial charge in [-0.1, -0.05) is 18.2 Å². The molecule has 0 aliphatic heterocycles. The maximum atomic E-state index is 12.7. The van der Waals surface area contributed by atoms with Crippen molar-refractivity contribution < 1.29 is 22.8 Å². The molecule has 0 heterocycles. The fraction of sp³-hybridized carbons (Fsp3) is 0.200. The topological polar surface area (TPSA) is 52.4 Å². The van der Waals surface area contributed by atoms with E-state index in [2.05, 4.69) is 0 Å². The van der Waals surface area contributed by atoms with Crippen LogP contribution in [0.4, 0.5) is 18.9 Å². The summed E-state index contributed by atoms with van der Waals surface area (Å²) in [6, 6.07) is 8.87. The molecule has 0 aliphatic carbocycles. The van der Waals surface area contributed by atoms with E-state index in [1.54, 1.807) is 0 Å². The van der Waals surface area contributed by atoms with Crippen LogP contribution < -0.4 is 4.74 Å². The van der Waals surface area contributed by atoms with Gasteiger partial charge in [-0.15, -0.1) is 0 Å². The van der Waals surface area contributed by atoms with Gasteiger partial charge in [0.15, 0.2) is 0 Å².